The molecule has 5 heteroatoms. The summed E-state index contributed by atoms with van der Waals surface area (Å²) in [5.74, 6) is -1.13. The van der Waals surface area contributed by atoms with Gasteiger partial charge in [0, 0.05) is 11.6 Å². The van der Waals surface area contributed by atoms with Crippen LogP contribution in [0.3, 0.4) is 0 Å². The largest absolute Gasteiger partial charge is 0.504 e. The number of methoxy groups -OCH3 is 1. The first-order valence-corrected chi connectivity index (χ1v) is 7.25. The summed E-state index contributed by atoms with van der Waals surface area (Å²) in [5.41, 5.74) is 0.203. The molecular weight excluding hydrogens is 270 g/mol. The average molecular weight is 293 g/mol. The van der Waals surface area contributed by atoms with Crippen LogP contribution in [0.2, 0.25) is 0 Å². The van der Waals surface area contributed by atoms with Crippen molar-refractivity contribution in [1.29, 1.82) is 0 Å². The zero-order chi connectivity index (χ0) is 15.8. The molecule has 0 unspecified atom stereocenters. The second kappa shape index (κ2) is 8.29. The lowest BCUT2D eigenvalue weighted by Crippen LogP contribution is -2.39. The number of hydrogen-bond donors (Lipinski definition) is 2. The Hall–Kier alpha value is -2.04. The van der Waals surface area contributed by atoms with Gasteiger partial charge in [0.05, 0.1) is 7.11 Å². The molecule has 21 heavy (non-hydrogen) atoms. The molecule has 116 valence electrons. The molecule has 1 aromatic rings. The quantitative estimate of drug-likeness (QED) is 0.571. The molecule has 0 saturated heterocycles. The van der Waals surface area contributed by atoms with Gasteiger partial charge in [-0.1, -0.05) is 26.7 Å². The molecule has 0 aromatic heterocycles. The van der Waals surface area contributed by atoms with E-state index in [1.165, 1.54) is 25.3 Å². The van der Waals surface area contributed by atoms with Crippen LogP contribution in [0.1, 0.15) is 49.9 Å². The second-order valence-corrected chi connectivity index (χ2v) is 4.96. The molecule has 2 N–H and O–H groups in total. The number of benzene rings is 1. The minimum Gasteiger partial charge on any atom is -0.504 e. The zero-order valence-electron chi connectivity index (χ0n) is 12.8. The molecule has 0 aliphatic rings. The Bertz CT molecular complexity index is 493. The number of nitrogens with one attached hydrogen (secondary N) is 1. The number of hydrogen-bond acceptors (Lipinski definition) is 4. The number of ketones is 1. The number of aromatic hydroxyl groups is 1. The van der Waals surface area contributed by atoms with Crippen LogP contribution in [0.25, 0.3) is 0 Å². The van der Waals surface area contributed by atoms with Gasteiger partial charge in [0.1, 0.15) is 0 Å². The molecule has 0 heterocycles. The number of Topliss-reactive ketones (excluding diaryl/α,β-unsaturated/α-hetero) is 1. The van der Waals surface area contributed by atoms with Crippen LogP contribution >= 0.6 is 0 Å². The van der Waals surface area contributed by atoms with Crippen molar-refractivity contribution < 1.29 is 19.4 Å². The van der Waals surface area contributed by atoms with Crippen LogP contribution in [0.4, 0.5) is 0 Å². The Morgan fingerprint density at radius 3 is 2.38 bits per heavy atom. The predicted molar refractivity (Wildman–Crippen MR) is 80.7 cm³/mol. The Balaban J connectivity index is 2.79. The van der Waals surface area contributed by atoms with Gasteiger partial charge in [-0.2, -0.15) is 0 Å². The van der Waals surface area contributed by atoms with E-state index >= 15 is 0 Å². The highest BCUT2D eigenvalue weighted by atomic mass is 16.5. The van der Waals surface area contributed by atoms with E-state index in [0.29, 0.717) is 0 Å². The lowest BCUT2D eigenvalue weighted by atomic mass is 10.1. The van der Waals surface area contributed by atoms with Gasteiger partial charge in [-0.25, -0.2) is 0 Å². The van der Waals surface area contributed by atoms with Gasteiger partial charge >= 0.3 is 0 Å². The molecule has 0 radical (unpaired) electrons. The first-order chi connectivity index (χ1) is 10.0. The third kappa shape index (κ3) is 4.77. The highest BCUT2D eigenvalue weighted by Crippen LogP contribution is 2.26. The minimum absolute atomic E-state index is 0.0236. The molecule has 1 aromatic carbocycles. The molecule has 0 aliphatic heterocycles. The third-order valence-electron chi connectivity index (χ3n) is 3.26. The van der Waals surface area contributed by atoms with Gasteiger partial charge in [0.15, 0.2) is 11.5 Å². The fraction of sp³-hybridized carbons (Fsp3) is 0.500. The van der Waals surface area contributed by atoms with Crippen molar-refractivity contribution in [2.75, 3.05) is 7.11 Å². The van der Waals surface area contributed by atoms with Crippen LogP contribution in [-0.2, 0) is 4.79 Å². The first-order valence-electron chi connectivity index (χ1n) is 7.25. The van der Waals surface area contributed by atoms with Crippen molar-refractivity contribution in [3.8, 4) is 11.5 Å². The van der Waals surface area contributed by atoms with Crippen LogP contribution in [-0.4, -0.2) is 29.9 Å². The molecule has 0 saturated carbocycles. The summed E-state index contributed by atoms with van der Waals surface area (Å²) in [6.07, 6.45) is 3.61. The summed E-state index contributed by atoms with van der Waals surface area (Å²) >= 11 is 0. The molecule has 5 nitrogen and oxygen atoms in total. The third-order valence-corrected chi connectivity index (χ3v) is 3.26. The van der Waals surface area contributed by atoms with Gasteiger partial charge in [-0.3, -0.25) is 9.59 Å². The molecule has 0 atom stereocenters. The van der Waals surface area contributed by atoms with Crippen molar-refractivity contribution in [2.45, 2.75) is 45.6 Å². The lowest BCUT2D eigenvalue weighted by molar-refractivity contribution is -0.117. The highest BCUT2D eigenvalue weighted by Gasteiger charge is 2.20. The van der Waals surface area contributed by atoms with E-state index in [4.69, 9.17) is 4.74 Å². The number of carbonyl (C=O) groups is 2. The van der Waals surface area contributed by atoms with Crippen molar-refractivity contribution in [2.24, 2.45) is 0 Å². The highest BCUT2D eigenvalue weighted by molar-refractivity contribution is 6.42. The van der Waals surface area contributed by atoms with Gasteiger partial charge < -0.3 is 15.2 Å². The van der Waals surface area contributed by atoms with Gasteiger partial charge in [-0.15, -0.1) is 0 Å². The predicted octanol–water partition coefficient (Wildman–Crippen LogP) is 2.67. The minimum atomic E-state index is -0.620. The Morgan fingerprint density at radius 2 is 1.86 bits per heavy atom. The maximum atomic E-state index is 12.1. The Morgan fingerprint density at radius 1 is 1.24 bits per heavy atom. The summed E-state index contributed by atoms with van der Waals surface area (Å²) in [6.45, 7) is 4.09. The standard InChI is InChI=1S/C16H23NO4/c1-4-6-12(7-5-2)17-16(20)15(19)11-8-9-13(18)14(10-11)21-3/h8-10,12,18H,4-7H2,1-3H3,(H,17,20). The molecule has 1 amide bonds. The van der Waals surface area contributed by atoms with Crippen LogP contribution < -0.4 is 10.1 Å². The van der Waals surface area contributed by atoms with Gasteiger partial charge in [0.2, 0.25) is 5.78 Å². The number of phenols is 1. The average Bonchev–Trinajstić information content (AvgIpc) is 2.47. The number of phenolic OH excluding ortho intramolecular Hbond substituents is 1. The SMILES string of the molecule is CCCC(CCC)NC(=O)C(=O)c1ccc(O)c(OC)c1. The van der Waals surface area contributed by atoms with E-state index in [2.05, 4.69) is 5.32 Å². The first kappa shape index (κ1) is 17.0. The van der Waals surface area contributed by atoms with E-state index in [9.17, 15) is 14.7 Å². The van der Waals surface area contributed by atoms with Crippen molar-refractivity contribution in [3.63, 3.8) is 0 Å². The van der Waals surface area contributed by atoms with Crippen LogP contribution in [0, 0.1) is 0 Å². The number of amides is 1. The monoisotopic (exact) mass is 293 g/mol. The molecule has 0 bridgehead atoms. The summed E-state index contributed by atoms with van der Waals surface area (Å²) in [7, 11) is 1.39. The van der Waals surface area contributed by atoms with E-state index in [-0.39, 0.29) is 23.1 Å². The zero-order valence-corrected chi connectivity index (χ0v) is 12.8. The van der Waals surface area contributed by atoms with E-state index in [1.54, 1.807) is 0 Å². The maximum absolute atomic E-state index is 12.1. The van der Waals surface area contributed by atoms with E-state index in [0.717, 1.165) is 25.7 Å². The van der Waals surface area contributed by atoms with Crippen LogP contribution in [0.5, 0.6) is 11.5 Å². The van der Waals surface area contributed by atoms with E-state index < -0.39 is 11.7 Å². The summed E-state index contributed by atoms with van der Waals surface area (Å²) in [5, 5.41) is 12.3. The number of rotatable bonds is 8. The Labute approximate surface area is 125 Å². The van der Waals surface area contributed by atoms with E-state index in [1.807, 2.05) is 13.8 Å². The molecular formula is C16H23NO4. The maximum Gasteiger partial charge on any atom is 0.292 e. The summed E-state index contributed by atoms with van der Waals surface area (Å²) in [4.78, 5) is 24.1. The molecule has 1 rings (SSSR count). The molecule has 0 fully saturated rings. The summed E-state index contributed by atoms with van der Waals surface area (Å²) < 4.78 is 4.94. The molecule has 0 spiro atoms. The van der Waals surface area contributed by atoms with Crippen molar-refractivity contribution in [1.82, 2.24) is 5.32 Å². The second-order valence-electron chi connectivity index (χ2n) is 4.96. The lowest BCUT2D eigenvalue weighted by Gasteiger charge is -2.16. The summed E-state index contributed by atoms with van der Waals surface area (Å²) in [6, 6.07) is 4.14. The Kier molecular flexibility index (Phi) is 6.72. The van der Waals surface area contributed by atoms with Gasteiger partial charge in [-0.05, 0) is 31.0 Å². The fourth-order valence-corrected chi connectivity index (χ4v) is 2.19. The number of ether oxygens (including phenoxy) is 1. The fourth-order valence-electron chi connectivity index (χ4n) is 2.19. The number of carbonyl (C=O) groups excluding carboxylic acids is 2. The normalized spacial score (nSPS) is 10.5. The van der Waals surface area contributed by atoms with Crippen LogP contribution in [0.15, 0.2) is 18.2 Å². The van der Waals surface area contributed by atoms with Crippen molar-refractivity contribution >= 4 is 11.7 Å². The topological polar surface area (TPSA) is 75.6 Å². The van der Waals surface area contributed by atoms with Crippen molar-refractivity contribution in [3.05, 3.63) is 23.8 Å². The smallest absolute Gasteiger partial charge is 0.292 e. The molecule has 0 aliphatic carbocycles. The van der Waals surface area contributed by atoms with Gasteiger partial charge in [0.25, 0.3) is 5.91 Å².